The van der Waals surface area contributed by atoms with Gasteiger partial charge in [-0.05, 0) is 24.1 Å². The van der Waals surface area contributed by atoms with Gasteiger partial charge < -0.3 is 9.15 Å². The van der Waals surface area contributed by atoms with E-state index in [-0.39, 0.29) is 5.78 Å². The molecule has 0 saturated heterocycles. The third-order valence-corrected chi connectivity index (χ3v) is 5.67. The van der Waals surface area contributed by atoms with Crippen LogP contribution in [0.5, 0.6) is 5.88 Å². The van der Waals surface area contributed by atoms with Crippen molar-refractivity contribution in [3.63, 3.8) is 0 Å². The Kier molecular flexibility index (Phi) is 3.80. The second-order valence-corrected chi connectivity index (χ2v) is 7.59. The van der Waals surface area contributed by atoms with E-state index < -0.39 is 5.92 Å². The van der Waals surface area contributed by atoms with E-state index in [2.05, 4.69) is 10.1 Å². The molecular weight excluding hydrogens is 380 g/mol. The van der Waals surface area contributed by atoms with Crippen molar-refractivity contribution in [3.05, 3.63) is 89.1 Å². The number of carbonyl (C=O) groups excluding carboxylic acids is 1. The molecule has 0 unspecified atom stereocenters. The van der Waals surface area contributed by atoms with Gasteiger partial charge >= 0.3 is 0 Å². The highest BCUT2D eigenvalue weighted by Crippen LogP contribution is 2.47. The highest BCUT2D eigenvalue weighted by atomic mass is 16.5. The Balaban J connectivity index is 1.53. The monoisotopic (exact) mass is 398 g/mol. The number of ether oxygens (including phenoxy) is 1. The molecule has 6 rings (SSSR count). The Morgan fingerprint density at radius 3 is 2.83 bits per heavy atom. The first-order valence-electron chi connectivity index (χ1n) is 10.0. The van der Waals surface area contributed by atoms with Crippen LogP contribution in [-0.2, 0) is 11.2 Å². The number of fused-ring (bicyclic) bond motifs is 3. The molecule has 7 heteroatoms. The van der Waals surface area contributed by atoms with Gasteiger partial charge in [-0.3, -0.25) is 4.79 Å². The molecule has 0 bridgehead atoms. The molecule has 1 aromatic carbocycles. The van der Waals surface area contributed by atoms with E-state index in [1.807, 2.05) is 42.5 Å². The van der Waals surface area contributed by atoms with Crippen LogP contribution in [0, 0.1) is 0 Å². The number of benzene rings is 1. The predicted molar refractivity (Wildman–Crippen MR) is 107 cm³/mol. The standard InChI is InChI=1S/C23H18N4O3/c28-15-8-4-9-17-19(15)20(16-10-5-11-29-16)21-22-25-18(12-14-6-2-1-3-7-14)26-27(22)13-24-23(21)30-17/h1-3,5-7,10-11,13,20H,4,8-9,12H2/t20-/m0/s1. The fraction of sp³-hybridized carbons (Fsp3) is 0.217. The van der Waals surface area contributed by atoms with E-state index in [9.17, 15) is 4.79 Å². The van der Waals surface area contributed by atoms with Crippen LogP contribution in [0.3, 0.4) is 0 Å². The Morgan fingerprint density at radius 1 is 1.10 bits per heavy atom. The predicted octanol–water partition coefficient (Wildman–Crippen LogP) is 3.84. The molecular formula is C23H18N4O3. The molecule has 0 N–H and O–H groups in total. The lowest BCUT2D eigenvalue weighted by Gasteiger charge is -2.30. The van der Waals surface area contributed by atoms with Crippen molar-refractivity contribution in [1.29, 1.82) is 0 Å². The SMILES string of the molecule is O=C1CCCC2=C1[C@H](c1ccco1)c1c(ncn3nc(Cc4ccccc4)nc13)O2. The van der Waals surface area contributed by atoms with Crippen molar-refractivity contribution in [2.45, 2.75) is 31.6 Å². The molecule has 1 aliphatic heterocycles. The van der Waals surface area contributed by atoms with Crippen LogP contribution in [-0.4, -0.2) is 25.4 Å². The molecule has 2 aliphatic rings. The molecule has 3 aromatic heterocycles. The fourth-order valence-corrected chi connectivity index (χ4v) is 4.35. The first-order valence-corrected chi connectivity index (χ1v) is 10.0. The van der Waals surface area contributed by atoms with Crippen LogP contribution >= 0.6 is 0 Å². The molecule has 0 radical (unpaired) electrons. The average molecular weight is 398 g/mol. The minimum absolute atomic E-state index is 0.0920. The van der Waals surface area contributed by atoms with Gasteiger partial charge in [0.25, 0.3) is 0 Å². The molecule has 7 nitrogen and oxygen atoms in total. The normalized spacial score (nSPS) is 18.3. The summed E-state index contributed by atoms with van der Waals surface area (Å²) in [5, 5.41) is 4.61. The lowest BCUT2D eigenvalue weighted by molar-refractivity contribution is -0.116. The molecule has 1 atom stereocenters. The minimum atomic E-state index is -0.392. The number of rotatable bonds is 3. The first kappa shape index (κ1) is 17.1. The summed E-state index contributed by atoms with van der Waals surface area (Å²) >= 11 is 0. The zero-order valence-corrected chi connectivity index (χ0v) is 16.1. The van der Waals surface area contributed by atoms with Gasteiger partial charge in [-0.2, -0.15) is 0 Å². The molecule has 30 heavy (non-hydrogen) atoms. The van der Waals surface area contributed by atoms with Crippen LogP contribution in [0.2, 0.25) is 0 Å². The van der Waals surface area contributed by atoms with Gasteiger partial charge in [0.2, 0.25) is 5.88 Å². The van der Waals surface area contributed by atoms with Crippen molar-refractivity contribution >= 4 is 11.4 Å². The molecule has 1 aliphatic carbocycles. The summed E-state index contributed by atoms with van der Waals surface area (Å²) in [6.07, 6.45) is 5.86. The zero-order valence-electron chi connectivity index (χ0n) is 16.1. The molecule has 0 saturated carbocycles. The lowest BCUT2D eigenvalue weighted by Crippen LogP contribution is -2.26. The van der Waals surface area contributed by atoms with E-state index in [1.165, 1.54) is 0 Å². The summed E-state index contributed by atoms with van der Waals surface area (Å²) in [5.41, 5.74) is 3.15. The van der Waals surface area contributed by atoms with Crippen LogP contribution in [0.15, 0.2) is 70.8 Å². The summed E-state index contributed by atoms with van der Waals surface area (Å²) in [5.74, 6) is 2.23. The van der Waals surface area contributed by atoms with Gasteiger partial charge in [0.15, 0.2) is 17.3 Å². The third kappa shape index (κ3) is 2.66. The highest BCUT2D eigenvalue weighted by molar-refractivity contribution is 5.99. The maximum Gasteiger partial charge on any atom is 0.228 e. The van der Waals surface area contributed by atoms with Gasteiger partial charge in [-0.25, -0.2) is 14.5 Å². The summed E-state index contributed by atoms with van der Waals surface area (Å²) in [7, 11) is 0. The first-order chi connectivity index (χ1) is 14.8. The van der Waals surface area contributed by atoms with Crippen molar-refractivity contribution in [2.24, 2.45) is 0 Å². The third-order valence-electron chi connectivity index (χ3n) is 5.67. The van der Waals surface area contributed by atoms with Gasteiger partial charge in [-0.1, -0.05) is 30.3 Å². The molecule has 0 spiro atoms. The van der Waals surface area contributed by atoms with Crippen LogP contribution in [0.1, 0.15) is 47.9 Å². The molecule has 4 heterocycles. The molecule has 148 valence electrons. The number of hydrogen-bond acceptors (Lipinski definition) is 6. The smallest absolute Gasteiger partial charge is 0.228 e. The molecule has 4 aromatic rings. The van der Waals surface area contributed by atoms with Gasteiger partial charge in [0.05, 0.1) is 17.7 Å². The molecule has 0 fully saturated rings. The van der Waals surface area contributed by atoms with Crippen LogP contribution < -0.4 is 4.74 Å². The van der Waals surface area contributed by atoms with Crippen molar-refractivity contribution in [2.75, 3.05) is 0 Å². The summed E-state index contributed by atoms with van der Waals surface area (Å²) in [6, 6.07) is 13.8. The van der Waals surface area contributed by atoms with Crippen LogP contribution in [0.25, 0.3) is 5.65 Å². The number of ketones is 1. The number of carbonyl (C=O) groups is 1. The van der Waals surface area contributed by atoms with Gasteiger partial charge in [-0.15, -0.1) is 5.10 Å². The topological polar surface area (TPSA) is 82.5 Å². The minimum Gasteiger partial charge on any atom is -0.468 e. The summed E-state index contributed by atoms with van der Waals surface area (Å²) < 4.78 is 13.5. The zero-order chi connectivity index (χ0) is 20.1. The van der Waals surface area contributed by atoms with Gasteiger partial charge in [0, 0.05) is 24.8 Å². The number of nitrogens with zero attached hydrogens (tertiary/aromatic N) is 4. The van der Waals surface area contributed by atoms with E-state index in [4.69, 9.17) is 14.1 Å². The number of hydrogen-bond donors (Lipinski definition) is 0. The number of Topliss-reactive ketones (excluding diaryl/α,β-unsaturated/α-hetero) is 1. The Bertz CT molecular complexity index is 1290. The quantitative estimate of drug-likeness (QED) is 0.521. The van der Waals surface area contributed by atoms with E-state index in [0.29, 0.717) is 47.3 Å². The number of aromatic nitrogens is 4. The highest BCUT2D eigenvalue weighted by Gasteiger charge is 2.40. The Labute approximate surface area is 172 Å². The maximum absolute atomic E-state index is 12.9. The summed E-state index contributed by atoms with van der Waals surface area (Å²) in [4.78, 5) is 22.2. The average Bonchev–Trinajstić information content (AvgIpc) is 3.43. The number of furan rings is 1. The Hall–Kier alpha value is -3.74. The van der Waals surface area contributed by atoms with E-state index in [1.54, 1.807) is 17.1 Å². The second-order valence-electron chi connectivity index (χ2n) is 7.59. The number of allylic oxidation sites excluding steroid dienone is 2. The van der Waals surface area contributed by atoms with Crippen molar-refractivity contribution in [3.8, 4) is 5.88 Å². The van der Waals surface area contributed by atoms with Crippen molar-refractivity contribution in [1.82, 2.24) is 19.6 Å². The van der Waals surface area contributed by atoms with E-state index >= 15 is 0 Å². The van der Waals surface area contributed by atoms with Gasteiger partial charge in [0.1, 0.15) is 17.8 Å². The summed E-state index contributed by atoms with van der Waals surface area (Å²) in [6.45, 7) is 0. The Morgan fingerprint density at radius 2 is 2.00 bits per heavy atom. The van der Waals surface area contributed by atoms with E-state index in [0.717, 1.165) is 24.0 Å². The lowest BCUT2D eigenvalue weighted by atomic mass is 9.80. The molecule has 0 amide bonds. The second kappa shape index (κ2) is 6.66. The fourth-order valence-electron chi connectivity index (χ4n) is 4.35. The largest absolute Gasteiger partial charge is 0.468 e. The van der Waals surface area contributed by atoms with Crippen LogP contribution in [0.4, 0.5) is 0 Å². The van der Waals surface area contributed by atoms with Crippen molar-refractivity contribution < 1.29 is 13.9 Å². The maximum atomic E-state index is 12.9.